The SMILES string of the molecule is C[SiH](C)OC[C@]12C[C@@H](OC(=O)c3ccccc3)[C@H](C(C)(C)C)[C@H]1CC(=O)O2. The van der Waals surface area contributed by atoms with E-state index >= 15 is 0 Å². The van der Waals surface area contributed by atoms with Crippen molar-refractivity contribution in [3.05, 3.63) is 35.9 Å². The highest BCUT2D eigenvalue weighted by molar-refractivity contribution is 6.48. The smallest absolute Gasteiger partial charge is 0.338 e. The third-order valence-electron chi connectivity index (χ3n) is 5.69. The fraction of sp³-hybridized carbons (Fsp3) is 0.619. The second-order valence-electron chi connectivity index (χ2n) is 9.11. The molecule has 0 amide bonds. The van der Waals surface area contributed by atoms with E-state index in [2.05, 4.69) is 33.9 Å². The van der Waals surface area contributed by atoms with E-state index in [4.69, 9.17) is 13.9 Å². The summed E-state index contributed by atoms with van der Waals surface area (Å²) in [6.07, 6.45) is 0.572. The lowest BCUT2D eigenvalue weighted by Gasteiger charge is -2.36. The van der Waals surface area contributed by atoms with Gasteiger partial charge in [-0.15, -0.1) is 0 Å². The molecule has 0 radical (unpaired) electrons. The molecule has 0 bridgehead atoms. The molecular formula is C21H30O5Si. The monoisotopic (exact) mass is 390 g/mol. The molecule has 27 heavy (non-hydrogen) atoms. The van der Waals surface area contributed by atoms with Gasteiger partial charge < -0.3 is 13.9 Å². The standard InChI is InChI=1S/C21H30O5Si/c1-20(2,3)18-15-11-17(22)26-21(15,13-24-27(4)5)12-16(18)25-19(23)14-9-7-6-8-10-14/h6-10,15-16,18,27H,11-13H2,1-5H3/t15-,16-,18-,21-/m1/s1. The minimum absolute atomic E-state index is 0.00585. The normalized spacial score (nSPS) is 30.3. The van der Waals surface area contributed by atoms with E-state index < -0.39 is 14.6 Å². The van der Waals surface area contributed by atoms with Gasteiger partial charge in [-0.1, -0.05) is 39.0 Å². The van der Waals surface area contributed by atoms with Gasteiger partial charge in [0.15, 0.2) is 9.04 Å². The molecule has 0 unspecified atom stereocenters. The highest BCUT2D eigenvalue weighted by Crippen LogP contribution is 2.56. The summed E-state index contributed by atoms with van der Waals surface area (Å²) in [5, 5.41) is 0. The number of rotatable bonds is 5. The van der Waals surface area contributed by atoms with Crippen LogP contribution < -0.4 is 0 Å². The van der Waals surface area contributed by atoms with Crippen molar-refractivity contribution >= 4 is 21.0 Å². The lowest BCUT2D eigenvalue weighted by molar-refractivity contribution is -0.152. The summed E-state index contributed by atoms with van der Waals surface area (Å²) < 4.78 is 17.8. The number of benzene rings is 1. The lowest BCUT2D eigenvalue weighted by Crippen LogP contribution is -2.41. The Kier molecular flexibility index (Phi) is 5.50. The van der Waals surface area contributed by atoms with Crippen molar-refractivity contribution < 1.29 is 23.5 Å². The Hall–Kier alpha value is -1.66. The Morgan fingerprint density at radius 3 is 2.52 bits per heavy atom. The molecule has 2 aliphatic rings. The van der Waals surface area contributed by atoms with Crippen LogP contribution in [0.25, 0.3) is 0 Å². The van der Waals surface area contributed by atoms with Crippen molar-refractivity contribution in [3.63, 3.8) is 0 Å². The number of hydrogen-bond acceptors (Lipinski definition) is 5. The van der Waals surface area contributed by atoms with Gasteiger partial charge in [-0.2, -0.15) is 0 Å². The van der Waals surface area contributed by atoms with Crippen LogP contribution in [0.3, 0.4) is 0 Å². The summed E-state index contributed by atoms with van der Waals surface area (Å²) in [5.74, 6) is -0.452. The highest BCUT2D eigenvalue weighted by atomic mass is 28.3. The minimum Gasteiger partial charge on any atom is -0.458 e. The number of fused-ring (bicyclic) bond motifs is 1. The third kappa shape index (κ3) is 4.11. The van der Waals surface area contributed by atoms with Crippen LogP contribution in [0.4, 0.5) is 0 Å². The quantitative estimate of drug-likeness (QED) is 0.568. The maximum Gasteiger partial charge on any atom is 0.338 e. The van der Waals surface area contributed by atoms with Gasteiger partial charge in [-0.05, 0) is 30.6 Å². The van der Waals surface area contributed by atoms with Crippen LogP contribution in [0.2, 0.25) is 13.1 Å². The van der Waals surface area contributed by atoms with E-state index in [0.717, 1.165) is 0 Å². The molecule has 4 atom stereocenters. The molecule has 1 saturated heterocycles. The maximum atomic E-state index is 12.7. The van der Waals surface area contributed by atoms with E-state index in [9.17, 15) is 9.59 Å². The molecule has 1 saturated carbocycles. The minimum atomic E-state index is -1.26. The van der Waals surface area contributed by atoms with Crippen LogP contribution in [0.5, 0.6) is 0 Å². The van der Waals surface area contributed by atoms with Gasteiger partial charge >= 0.3 is 11.9 Å². The van der Waals surface area contributed by atoms with Crippen molar-refractivity contribution in [2.75, 3.05) is 6.61 Å². The Bertz CT molecular complexity index is 696. The van der Waals surface area contributed by atoms with Crippen molar-refractivity contribution in [1.29, 1.82) is 0 Å². The number of ether oxygens (including phenoxy) is 2. The molecule has 1 aromatic carbocycles. The molecule has 6 heteroatoms. The topological polar surface area (TPSA) is 61.8 Å². The zero-order valence-electron chi connectivity index (χ0n) is 16.9. The zero-order chi connectivity index (χ0) is 19.8. The Morgan fingerprint density at radius 1 is 1.26 bits per heavy atom. The predicted octanol–water partition coefficient (Wildman–Crippen LogP) is 3.58. The first-order chi connectivity index (χ1) is 12.6. The first-order valence-corrected chi connectivity index (χ1v) is 12.5. The third-order valence-corrected chi connectivity index (χ3v) is 6.52. The van der Waals surface area contributed by atoms with Crippen LogP contribution in [0.15, 0.2) is 30.3 Å². The van der Waals surface area contributed by atoms with Gasteiger partial charge in [0.1, 0.15) is 11.7 Å². The molecular weight excluding hydrogens is 360 g/mol. The van der Waals surface area contributed by atoms with E-state index in [1.165, 1.54) is 0 Å². The summed E-state index contributed by atoms with van der Waals surface area (Å²) >= 11 is 0. The van der Waals surface area contributed by atoms with Gasteiger partial charge in [-0.3, -0.25) is 4.79 Å². The molecule has 2 fully saturated rings. The number of carbonyl (C=O) groups is 2. The fourth-order valence-corrected chi connectivity index (χ4v) is 5.26. The van der Waals surface area contributed by atoms with Crippen molar-refractivity contribution in [2.24, 2.45) is 17.3 Å². The Morgan fingerprint density at radius 2 is 1.93 bits per heavy atom. The second kappa shape index (κ2) is 7.39. The average Bonchev–Trinajstić information content (AvgIpc) is 3.03. The summed E-state index contributed by atoms with van der Waals surface area (Å²) in [6, 6.07) is 9.04. The number of esters is 2. The van der Waals surface area contributed by atoms with Gasteiger partial charge in [-0.25, -0.2) is 4.79 Å². The molecule has 1 aliphatic carbocycles. The molecule has 0 N–H and O–H groups in total. The van der Waals surface area contributed by atoms with Gasteiger partial charge in [0.2, 0.25) is 0 Å². The first kappa shape index (κ1) is 20.1. The molecule has 0 aromatic heterocycles. The van der Waals surface area contributed by atoms with Gasteiger partial charge in [0.25, 0.3) is 0 Å². The summed E-state index contributed by atoms with van der Waals surface area (Å²) in [7, 11) is -1.26. The van der Waals surface area contributed by atoms with Crippen LogP contribution in [0.1, 0.15) is 44.0 Å². The summed E-state index contributed by atoms with van der Waals surface area (Å²) in [6.45, 7) is 11.0. The van der Waals surface area contributed by atoms with Crippen molar-refractivity contribution in [2.45, 2.75) is 58.4 Å². The maximum absolute atomic E-state index is 12.7. The summed E-state index contributed by atoms with van der Waals surface area (Å²) in [4.78, 5) is 24.8. The van der Waals surface area contributed by atoms with Crippen molar-refractivity contribution in [3.8, 4) is 0 Å². The lowest BCUT2D eigenvalue weighted by atomic mass is 9.71. The molecule has 5 nitrogen and oxygen atoms in total. The number of hydrogen-bond donors (Lipinski definition) is 0. The predicted molar refractivity (Wildman–Crippen MR) is 105 cm³/mol. The summed E-state index contributed by atoms with van der Waals surface area (Å²) in [5.41, 5.74) is -0.260. The Labute approximate surface area is 163 Å². The zero-order valence-corrected chi connectivity index (χ0v) is 18.0. The molecule has 3 rings (SSSR count). The molecule has 148 valence electrons. The molecule has 1 aromatic rings. The van der Waals surface area contributed by atoms with Crippen LogP contribution in [-0.2, 0) is 18.7 Å². The Balaban J connectivity index is 1.87. The second-order valence-corrected chi connectivity index (χ2v) is 11.5. The van der Waals surface area contributed by atoms with E-state index in [1.54, 1.807) is 12.1 Å². The van der Waals surface area contributed by atoms with Crippen molar-refractivity contribution in [1.82, 2.24) is 0 Å². The highest BCUT2D eigenvalue weighted by Gasteiger charge is 2.64. The fourth-order valence-electron chi connectivity index (χ4n) is 4.64. The van der Waals surface area contributed by atoms with Gasteiger partial charge in [0, 0.05) is 18.3 Å². The largest absolute Gasteiger partial charge is 0.458 e. The van der Waals surface area contributed by atoms with Gasteiger partial charge in [0.05, 0.1) is 18.6 Å². The average molecular weight is 391 g/mol. The van der Waals surface area contributed by atoms with Crippen LogP contribution in [0, 0.1) is 17.3 Å². The van der Waals surface area contributed by atoms with E-state index in [1.807, 2.05) is 18.2 Å². The van der Waals surface area contributed by atoms with E-state index in [0.29, 0.717) is 25.0 Å². The van der Waals surface area contributed by atoms with Crippen LogP contribution >= 0.6 is 0 Å². The van der Waals surface area contributed by atoms with Crippen LogP contribution in [-0.4, -0.2) is 39.3 Å². The first-order valence-electron chi connectivity index (χ1n) is 9.72. The molecule has 1 aliphatic heterocycles. The molecule has 0 spiro atoms. The molecule has 1 heterocycles. The number of carbonyl (C=O) groups excluding carboxylic acids is 2. The van der Waals surface area contributed by atoms with E-state index in [-0.39, 0.29) is 35.3 Å².